The molecule has 0 spiro atoms. The molecule has 1 aromatic rings. The lowest BCUT2D eigenvalue weighted by Gasteiger charge is -2.18. The molecule has 0 radical (unpaired) electrons. The summed E-state index contributed by atoms with van der Waals surface area (Å²) in [6.45, 7) is -2.25. The normalized spacial score (nSPS) is 12.9. The van der Waals surface area contributed by atoms with Crippen molar-refractivity contribution in [2.45, 2.75) is 74.8 Å². The number of amides is 9. The molecular weight excluding hydrogens is 1240 g/mol. The minimum absolute atomic E-state index is 0.0737. The summed E-state index contributed by atoms with van der Waals surface area (Å²) in [7, 11) is 0. The fraction of sp³-hybridized carbons (Fsp3) is 0.533. The lowest BCUT2D eigenvalue weighted by molar-refractivity contribution is -0.140. The van der Waals surface area contributed by atoms with E-state index < -0.39 is 145 Å². The average molecular weight is 1300 g/mol. The minimum atomic E-state index is -1.35. The number of nitrogens with two attached hydrogens (primary N) is 3. The van der Waals surface area contributed by atoms with Crippen LogP contribution in [0.5, 0.6) is 0 Å². The number of rotatable bonds is 45. The Morgan fingerprint density at radius 3 is 0.833 bits per heavy atom. The maximum Gasteiger partial charge on any atom is 0.322 e. The van der Waals surface area contributed by atoms with Crippen molar-refractivity contribution in [2.24, 2.45) is 17.2 Å². The fourth-order valence-corrected chi connectivity index (χ4v) is 11.3. The van der Waals surface area contributed by atoms with E-state index in [0.717, 1.165) is 71.1 Å². The predicted octanol–water partition coefficient (Wildman–Crippen LogP) is -4.35. The number of aliphatic carboxylic acids is 6. The minimum Gasteiger partial charge on any atom is -0.480 e. The van der Waals surface area contributed by atoms with Crippen LogP contribution in [0.25, 0.3) is 0 Å². The van der Waals surface area contributed by atoms with Crippen LogP contribution in [0.3, 0.4) is 0 Å². The van der Waals surface area contributed by atoms with Crippen LogP contribution in [0.1, 0.15) is 69.6 Å². The highest BCUT2D eigenvalue weighted by atomic mass is 32.2. The molecule has 0 aliphatic carbocycles. The van der Waals surface area contributed by atoms with Gasteiger partial charge in [-0.3, -0.25) is 86.1 Å². The van der Waals surface area contributed by atoms with Crippen molar-refractivity contribution in [3.05, 3.63) is 34.9 Å². The number of carboxylic acids is 6. The van der Waals surface area contributed by atoms with E-state index in [1.165, 1.54) is 18.2 Å². The molecule has 0 fully saturated rings. The molecule has 468 valence electrons. The van der Waals surface area contributed by atoms with E-state index in [9.17, 15) is 71.9 Å². The molecule has 0 aliphatic rings. The third-order valence-electron chi connectivity index (χ3n) is 10.3. The van der Waals surface area contributed by atoms with Crippen LogP contribution < -0.4 is 63.3 Å². The van der Waals surface area contributed by atoms with Crippen LogP contribution in [-0.4, -0.2) is 227 Å². The van der Waals surface area contributed by atoms with Gasteiger partial charge in [0.1, 0.15) is 55.9 Å². The van der Waals surface area contributed by atoms with Gasteiger partial charge in [0.25, 0.3) is 17.7 Å². The molecule has 84 heavy (non-hydrogen) atoms. The van der Waals surface area contributed by atoms with Crippen LogP contribution in [0.15, 0.2) is 18.2 Å². The van der Waals surface area contributed by atoms with Gasteiger partial charge in [-0.25, -0.2) is 0 Å². The van der Waals surface area contributed by atoms with Crippen LogP contribution in [-0.2, 0) is 57.5 Å². The topological polar surface area (TPSA) is 564 Å². The van der Waals surface area contributed by atoms with Crippen molar-refractivity contribution in [3.8, 4) is 0 Å². The molecule has 0 heterocycles. The van der Waals surface area contributed by atoms with E-state index in [1.807, 2.05) is 0 Å². The number of hydrogen-bond donors (Lipinski definition) is 18. The van der Waals surface area contributed by atoms with E-state index >= 15 is 0 Å². The van der Waals surface area contributed by atoms with Gasteiger partial charge < -0.3 is 79.7 Å². The molecule has 39 heteroatoms. The molecule has 0 aliphatic heterocycles. The van der Waals surface area contributed by atoms with Crippen molar-refractivity contribution in [1.82, 2.24) is 46.1 Å². The summed E-state index contributed by atoms with van der Waals surface area (Å²) in [6.07, 6.45) is -1.77. The SMILES string of the molecule is N[C@@H](CCC(=O)N[C@@H](CSCCSNC(=O)c1cc(C(=O)NSCCSC[C@H](NC(=O)CC[C@H](N)C(=O)O)C(=O)NCC(=O)O)cc(C(=O)NSCCSC[C@H](NC(=O)CC[C@H](N)C(=O)O)C(=O)NCC(=O)O)c1)C(=O)NCC(=O)O)C(=O)O. The molecule has 0 aromatic heterocycles. The van der Waals surface area contributed by atoms with Gasteiger partial charge in [-0.1, -0.05) is 0 Å². The molecule has 0 unspecified atom stereocenters. The number of benzene rings is 1. The molecule has 0 bridgehead atoms. The molecule has 33 nitrogen and oxygen atoms in total. The van der Waals surface area contributed by atoms with Crippen LogP contribution in [0.4, 0.5) is 0 Å². The Bertz CT molecular complexity index is 2230. The molecule has 0 saturated carbocycles. The summed E-state index contributed by atoms with van der Waals surface area (Å²) in [6, 6.07) is -4.17. The smallest absolute Gasteiger partial charge is 0.322 e. The first-order valence-electron chi connectivity index (χ1n) is 24.6. The molecule has 0 saturated heterocycles. The quantitative estimate of drug-likeness (QED) is 0.0217. The Balaban J connectivity index is 3.15. The second-order valence-corrected chi connectivity index (χ2v) is 23.2. The van der Waals surface area contributed by atoms with Crippen LogP contribution >= 0.6 is 71.1 Å². The fourth-order valence-electron chi connectivity index (χ4n) is 5.89. The van der Waals surface area contributed by atoms with Crippen molar-refractivity contribution >= 4 is 160 Å². The van der Waals surface area contributed by atoms with Crippen molar-refractivity contribution < 1.29 is 103 Å². The second-order valence-electron chi connectivity index (χ2n) is 17.0. The summed E-state index contributed by atoms with van der Waals surface area (Å²) in [5.41, 5.74) is 15.9. The Hall–Kier alpha value is -6.75. The third-order valence-corrected chi connectivity index (χ3v) is 16.4. The summed E-state index contributed by atoms with van der Waals surface area (Å²) in [5.74, 6) is -14.0. The van der Waals surface area contributed by atoms with Gasteiger partial charge in [0.15, 0.2) is 0 Å². The van der Waals surface area contributed by atoms with Gasteiger partial charge in [0, 0.05) is 87.7 Å². The Kier molecular flexibility index (Phi) is 37.7. The number of carboxylic acid groups (broad SMARTS) is 6. The van der Waals surface area contributed by atoms with Crippen LogP contribution in [0.2, 0.25) is 0 Å². The highest BCUT2D eigenvalue weighted by molar-refractivity contribution is 8.03. The van der Waals surface area contributed by atoms with Gasteiger partial charge in [-0.2, -0.15) is 35.3 Å². The van der Waals surface area contributed by atoms with E-state index in [2.05, 4.69) is 46.1 Å². The van der Waals surface area contributed by atoms with E-state index in [4.69, 9.17) is 47.8 Å². The Morgan fingerprint density at radius 1 is 0.381 bits per heavy atom. The summed E-state index contributed by atoms with van der Waals surface area (Å²) < 4.78 is 7.73. The molecule has 9 amide bonds. The summed E-state index contributed by atoms with van der Waals surface area (Å²) in [4.78, 5) is 182. The van der Waals surface area contributed by atoms with Crippen molar-refractivity contribution in [3.63, 3.8) is 0 Å². The summed E-state index contributed by atoms with van der Waals surface area (Å²) in [5, 5.41) is 67.7. The van der Waals surface area contributed by atoms with Gasteiger partial charge in [0.2, 0.25) is 35.4 Å². The van der Waals surface area contributed by atoms with Gasteiger partial charge in [-0.15, -0.1) is 0 Å². The first kappa shape index (κ1) is 75.3. The number of carbonyl (C=O) groups excluding carboxylic acids is 9. The first-order chi connectivity index (χ1) is 39.6. The number of thioether (sulfide) groups is 3. The van der Waals surface area contributed by atoms with E-state index in [0.29, 0.717) is 0 Å². The van der Waals surface area contributed by atoms with Gasteiger partial charge >= 0.3 is 35.8 Å². The molecule has 1 aromatic carbocycles. The van der Waals surface area contributed by atoms with Gasteiger partial charge in [0.05, 0.1) is 0 Å². The van der Waals surface area contributed by atoms with Crippen LogP contribution in [0, 0.1) is 0 Å². The van der Waals surface area contributed by atoms with E-state index in [1.54, 1.807) is 0 Å². The highest BCUT2D eigenvalue weighted by Crippen LogP contribution is 2.17. The Labute approximate surface area is 504 Å². The molecule has 21 N–H and O–H groups in total. The van der Waals surface area contributed by atoms with Crippen molar-refractivity contribution in [2.75, 3.05) is 71.4 Å². The monoisotopic (exact) mass is 1300 g/mol. The number of hydrogen-bond acceptors (Lipinski definition) is 24. The molecule has 1 rings (SSSR count). The maximum atomic E-state index is 13.5. The standard InChI is InChI=1S/C45H66N12O21S6/c46-25(43(73)74)1-4-31(58)52-28(40(70)49-16-34(61)62)19-79-7-10-82-55-37(67)22-13-23(38(68)56-83-11-8-80-20-29(41(71)50-17-35(63)64)53-32(59)5-2-26(47)44(75)76)15-24(14-22)39(69)57-84-12-9-81-21-30(42(72)51-18-36(65)66)54-33(60)6-3-27(48)45(77)78/h13-15,25-30H,1-12,16-21,46-48H2,(H,49,70)(H,50,71)(H,51,72)(H,52,58)(H,53,59)(H,54,60)(H,55,67)(H,56,68)(H,57,69)(H,61,62)(H,63,64)(H,65,66)(H,73,74)(H,75,76)(H,77,78)/t25-,26-,27-,28-,29-,30-/m0/s1. The highest BCUT2D eigenvalue weighted by Gasteiger charge is 2.26. The number of carbonyl (C=O) groups is 15. The zero-order chi connectivity index (χ0) is 63.3. The first-order valence-corrected chi connectivity index (χ1v) is 31.0. The predicted molar refractivity (Wildman–Crippen MR) is 310 cm³/mol. The second kappa shape index (κ2) is 42.1. The van der Waals surface area contributed by atoms with E-state index in [-0.39, 0.29) is 107 Å². The maximum absolute atomic E-state index is 13.5. The third kappa shape index (κ3) is 34.1. The lowest BCUT2D eigenvalue weighted by Crippen LogP contribution is -2.49. The largest absolute Gasteiger partial charge is 0.480 e. The van der Waals surface area contributed by atoms with Crippen molar-refractivity contribution in [1.29, 1.82) is 0 Å². The number of nitrogens with one attached hydrogen (secondary N) is 9. The van der Waals surface area contributed by atoms with Gasteiger partial charge in [-0.05, 0) is 73.3 Å². The molecule has 6 atom stereocenters. The average Bonchev–Trinajstić information content (AvgIpc) is 3.58. The zero-order valence-corrected chi connectivity index (χ0v) is 49.3. The zero-order valence-electron chi connectivity index (χ0n) is 44.4. The lowest BCUT2D eigenvalue weighted by atomic mass is 10.0. The Morgan fingerprint density at radius 2 is 0.619 bits per heavy atom. The molecular formula is C45H66N12O21S6. The summed E-state index contributed by atoms with van der Waals surface area (Å²) >= 11 is 6.05.